The van der Waals surface area contributed by atoms with Gasteiger partial charge in [0.25, 0.3) is 0 Å². The average Bonchev–Trinajstić information content (AvgIpc) is 2.48. The van der Waals surface area contributed by atoms with Crippen molar-refractivity contribution in [2.24, 2.45) is 0 Å². The maximum atomic E-state index is 5.10. The van der Waals surface area contributed by atoms with Crippen molar-refractivity contribution in [3.63, 3.8) is 0 Å². The van der Waals surface area contributed by atoms with Gasteiger partial charge in [-0.2, -0.15) is 0 Å². The summed E-state index contributed by atoms with van der Waals surface area (Å²) in [5.74, 6) is 1.71. The third kappa shape index (κ3) is 4.93. The van der Waals surface area contributed by atoms with Crippen molar-refractivity contribution in [3.05, 3.63) is 54.2 Å². The van der Waals surface area contributed by atoms with E-state index in [-0.39, 0.29) is 0 Å². The van der Waals surface area contributed by atoms with Gasteiger partial charge in [-0.05, 0) is 18.2 Å². The highest BCUT2D eigenvalue weighted by Gasteiger charge is 1.97. The van der Waals surface area contributed by atoms with Crippen LogP contribution in [0.2, 0.25) is 0 Å². The van der Waals surface area contributed by atoms with Gasteiger partial charge in [0.1, 0.15) is 0 Å². The van der Waals surface area contributed by atoms with Crippen LogP contribution in [-0.2, 0) is 6.54 Å². The Morgan fingerprint density at radius 2 is 1.95 bits per heavy atom. The van der Waals surface area contributed by atoms with Crippen LogP contribution in [0.4, 0.5) is 0 Å². The summed E-state index contributed by atoms with van der Waals surface area (Å²) >= 11 is 1.86. The highest BCUT2D eigenvalue weighted by Crippen LogP contribution is 2.15. The molecule has 19 heavy (non-hydrogen) atoms. The predicted octanol–water partition coefficient (Wildman–Crippen LogP) is 2.97. The number of thioether (sulfide) groups is 1. The number of hydrogen-bond acceptors (Lipinski definition) is 4. The van der Waals surface area contributed by atoms with E-state index >= 15 is 0 Å². The zero-order valence-corrected chi connectivity index (χ0v) is 11.8. The molecule has 0 atom stereocenters. The van der Waals surface area contributed by atoms with Crippen LogP contribution in [-0.4, -0.2) is 24.4 Å². The molecule has 0 aliphatic rings. The molecule has 0 aliphatic heterocycles. The molecule has 0 unspecified atom stereocenters. The summed E-state index contributed by atoms with van der Waals surface area (Å²) in [6.45, 7) is 1.73. The van der Waals surface area contributed by atoms with E-state index in [4.69, 9.17) is 4.74 Å². The van der Waals surface area contributed by atoms with E-state index in [2.05, 4.69) is 34.6 Å². The minimum atomic E-state index is 0.665. The molecule has 2 rings (SSSR count). The Morgan fingerprint density at radius 1 is 1.11 bits per heavy atom. The first kappa shape index (κ1) is 13.9. The van der Waals surface area contributed by atoms with Gasteiger partial charge in [-0.25, -0.2) is 4.98 Å². The lowest BCUT2D eigenvalue weighted by atomic mass is 10.3. The summed E-state index contributed by atoms with van der Waals surface area (Å²) in [7, 11) is 1.63. The minimum Gasteiger partial charge on any atom is -0.481 e. The molecule has 0 amide bonds. The fourth-order valence-corrected chi connectivity index (χ4v) is 2.48. The van der Waals surface area contributed by atoms with Gasteiger partial charge in [0, 0.05) is 29.8 Å². The number of nitrogens with one attached hydrogen (secondary N) is 1. The van der Waals surface area contributed by atoms with Gasteiger partial charge in [0.2, 0.25) is 5.88 Å². The Labute approximate surface area is 118 Å². The van der Waals surface area contributed by atoms with Crippen LogP contribution in [0.3, 0.4) is 0 Å². The van der Waals surface area contributed by atoms with Crippen molar-refractivity contribution >= 4 is 11.8 Å². The van der Waals surface area contributed by atoms with Gasteiger partial charge in [0.05, 0.1) is 12.8 Å². The molecule has 0 aliphatic carbocycles. The van der Waals surface area contributed by atoms with E-state index < -0.39 is 0 Å². The third-order valence-corrected chi connectivity index (χ3v) is 3.60. The Kier molecular flexibility index (Phi) is 5.72. The summed E-state index contributed by atoms with van der Waals surface area (Å²) in [4.78, 5) is 5.66. The van der Waals surface area contributed by atoms with Crippen LogP contribution in [0.15, 0.2) is 53.4 Å². The molecule has 0 saturated carbocycles. The molecule has 0 spiro atoms. The molecule has 1 N–H and O–H groups in total. The van der Waals surface area contributed by atoms with E-state index in [1.54, 1.807) is 7.11 Å². The number of pyridine rings is 1. The first-order valence-corrected chi connectivity index (χ1v) is 7.25. The summed E-state index contributed by atoms with van der Waals surface area (Å²) in [5.41, 5.74) is 1.00. The second-order valence-electron chi connectivity index (χ2n) is 4.01. The second-order valence-corrected chi connectivity index (χ2v) is 5.18. The molecule has 1 heterocycles. The van der Waals surface area contributed by atoms with Gasteiger partial charge in [-0.15, -0.1) is 11.8 Å². The van der Waals surface area contributed by atoms with Crippen LogP contribution in [0, 0.1) is 0 Å². The molecule has 0 radical (unpaired) electrons. The smallest absolute Gasteiger partial charge is 0.213 e. The van der Waals surface area contributed by atoms with E-state index in [1.165, 1.54) is 4.90 Å². The van der Waals surface area contributed by atoms with Crippen LogP contribution in [0.5, 0.6) is 5.88 Å². The summed E-state index contributed by atoms with van der Waals surface area (Å²) < 4.78 is 5.10. The lowest BCUT2D eigenvalue weighted by molar-refractivity contribution is 0.396. The first-order valence-electron chi connectivity index (χ1n) is 6.27. The molecule has 0 saturated heterocycles. The topological polar surface area (TPSA) is 34.1 Å². The summed E-state index contributed by atoms with van der Waals surface area (Å²) in [5, 5.41) is 3.38. The molecule has 3 nitrogen and oxygen atoms in total. The lowest BCUT2D eigenvalue weighted by Crippen LogP contribution is -2.17. The second kappa shape index (κ2) is 7.81. The van der Waals surface area contributed by atoms with Crippen molar-refractivity contribution < 1.29 is 4.74 Å². The zero-order valence-electron chi connectivity index (χ0n) is 11.0. The Balaban J connectivity index is 1.66. The third-order valence-electron chi connectivity index (χ3n) is 2.59. The number of nitrogens with zero attached hydrogens (tertiary/aromatic N) is 1. The molecular formula is C15H18N2OS. The normalized spacial score (nSPS) is 10.4. The molecule has 1 aromatic heterocycles. The van der Waals surface area contributed by atoms with Gasteiger partial charge < -0.3 is 10.1 Å². The SMILES string of the molecule is COc1cccc(CNCCSc2ccccc2)n1. The fraction of sp³-hybridized carbons (Fsp3) is 0.267. The summed E-state index contributed by atoms with van der Waals surface area (Å²) in [6.07, 6.45) is 0. The van der Waals surface area contributed by atoms with Crippen LogP contribution in [0.1, 0.15) is 5.69 Å². The van der Waals surface area contributed by atoms with Crippen molar-refractivity contribution in [2.45, 2.75) is 11.4 Å². The van der Waals surface area contributed by atoms with Crippen molar-refractivity contribution in [1.29, 1.82) is 0 Å². The minimum absolute atomic E-state index is 0.665. The zero-order chi connectivity index (χ0) is 13.3. The molecule has 2 aromatic rings. The highest BCUT2D eigenvalue weighted by atomic mass is 32.2. The standard InChI is InChI=1S/C15H18N2OS/c1-18-15-9-5-6-13(17-15)12-16-10-11-19-14-7-3-2-4-8-14/h2-9,16H,10-12H2,1H3. The van der Waals surface area contributed by atoms with Crippen molar-refractivity contribution in [2.75, 3.05) is 19.4 Å². The first-order chi connectivity index (χ1) is 9.38. The maximum Gasteiger partial charge on any atom is 0.213 e. The number of ether oxygens (including phenoxy) is 1. The lowest BCUT2D eigenvalue weighted by Gasteiger charge is -2.05. The molecule has 4 heteroatoms. The molecule has 0 bridgehead atoms. The fourth-order valence-electron chi connectivity index (χ4n) is 1.64. The van der Waals surface area contributed by atoms with E-state index in [9.17, 15) is 0 Å². The van der Waals surface area contributed by atoms with Crippen LogP contribution >= 0.6 is 11.8 Å². The highest BCUT2D eigenvalue weighted by molar-refractivity contribution is 7.99. The Bertz CT molecular complexity index is 491. The van der Waals surface area contributed by atoms with Gasteiger partial charge in [-0.1, -0.05) is 24.3 Å². The van der Waals surface area contributed by atoms with E-state index in [0.717, 1.165) is 24.5 Å². The largest absolute Gasteiger partial charge is 0.481 e. The number of aromatic nitrogens is 1. The van der Waals surface area contributed by atoms with Gasteiger partial charge in [-0.3, -0.25) is 0 Å². The monoisotopic (exact) mass is 274 g/mol. The van der Waals surface area contributed by atoms with Gasteiger partial charge in [0.15, 0.2) is 0 Å². The van der Waals surface area contributed by atoms with E-state index in [0.29, 0.717) is 5.88 Å². The Morgan fingerprint density at radius 3 is 2.74 bits per heavy atom. The number of methoxy groups -OCH3 is 1. The molecule has 0 fully saturated rings. The quantitative estimate of drug-likeness (QED) is 0.622. The number of benzene rings is 1. The Hall–Kier alpha value is -1.52. The maximum absolute atomic E-state index is 5.10. The average molecular weight is 274 g/mol. The predicted molar refractivity (Wildman–Crippen MR) is 79.7 cm³/mol. The molecule has 100 valence electrons. The van der Waals surface area contributed by atoms with Crippen molar-refractivity contribution in [3.8, 4) is 5.88 Å². The van der Waals surface area contributed by atoms with Crippen LogP contribution < -0.4 is 10.1 Å². The number of rotatable bonds is 7. The molecular weight excluding hydrogens is 256 g/mol. The van der Waals surface area contributed by atoms with E-state index in [1.807, 2.05) is 36.0 Å². The van der Waals surface area contributed by atoms with Crippen molar-refractivity contribution in [1.82, 2.24) is 10.3 Å². The molecule has 1 aromatic carbocycles. The van der Waals surface area contributed by atoms with Crippen LogP contribution in [0.25, 0.3) is 0 Å². The summed E-state index contributed by atoms with van der Waals surface area (Å²) in [6, 6.07) is 16.3. The number of hydrogen-bond donors (Lipinski definition) is 1. The van der Waals surface area contributed by atoms with Gasteiger partial charge >= 0.3 is 0 Å².